The second kappa shape index (κ2) is 10.8. The fraction of sp³-hybridized carbons (Fsp3) is 0.824. The molecule has 0 bridgehead atoms. The van der Waals surface area contributed by atoms with Gasteiger partial charge in [0.05, 0.1) is 27.7 Å². The number of nitrogens with zero attached hydrogens (tertiary/aromatic N) is 1. The van der Waals surface area contributed by atoms with Crippen LogP contribution < -0.4 is 0 Å². The van der Waals surface area contributed by atoms with E-state index in [4.69, 9.17) is 4.74 Å². The predicted molar refractivity (Wildman–Crippen MR) is 87.0 cm³/mol. The minimum Gasteiger partial charge on any atom is -0.462 e. The summed E-state index contributed by atoms with van der Waals surface area (Å²) >= 11 is 0. The van der Waals surface area contributed by atoms with Gasteiger partial charge in [0.25, 0.3) is 0 Å². The van der Waals surface area contributed by atoms with E-state index in [1.807, 2.05) is 0 Å². The van der Waals surface area contributed by atoms with Gasteiger partial charge in [-0.3, -0.25) is 0 Å². The Hall–Kier alpha value is -0.870. The third-order valence-electron chi connectivity index (χ3n) is 3.27. The van der Waals surface area contributed by atoms with Gasteiger partial charge in [-0.2, -0.15) is 0 Å². The lowest BCUT2D eigenvalue weighted by molar-refractivity contribution is -0.873. The van der Waals surface area contributed by atoms with Gasteiger partial charge in [-0.1, -0.05) is 38.7 Å². The van der Waals surface area contributed by atoms with Gasteiger partial charge in [0.15, 0.2) is 0 Å². The molecule has 0 aliphatic heterocycles. The van der Waals surface area contributed by atoms with Crippen molar-refractivity contribution >= 4 is 5.97 Å². The van der Waals surface area contributed by atoms with E-state index < -0.39 is 0 Å². The minimum atomic E-state index is -0.291. The molecule has 124 valence electrons. The Kier molecular flexibility index (Phi) is 10.4. The van der Waals surface area contributed by atoms with Gasteiger partial charge in [-0.25, -0.2) is 4.79 Å². The number of aliphatic hydroxyl groups is 1. The predicted octanol–water partition coefficient (Wildman–Crippen LogP) is 2.90. The molecule has 1 atom stereocenters. The van der Waals surface area contributed by atoms with E-state index in [1.54, 1.807) is 6.92 Å². The number of rotatable bonds is 12. The molecule has 0 rings (SSSR count). The molecule has 0 aromatic rings. The van der Waals surface area contributed by atoms with E-state index in [-0.39, 0.29) is 12.1 Å². The lowest BCUT2D eigenvalue weighted by Gasteiger charge is -2.26. The lowest BCUT2D eigenvalue weighted by Crippen LogP contribution is -2.41. The molecule has 0 radical (unpaired) electrons. The van der Waals surface area contributed by atoms with Crippen molar-refractivity contribution in [2.75, 3.05) is 34.3 Å². The Morgan fingerprint density at radius 3 is 2.14 bits per heavy atom. The van der Waals surface area contributed by atoms with Crippen molar-refractivity contribution in [2.24, 2.45) is 0 Å². The van der Waals surface area contributed by atoms with Crippen LogP contribution in [0.5, 0.6) is 0 Å². The average molecular weight is 300 g/mol. The van der Waals surface area contributed by atoms with Gasteiger partial charge < -0.3 is 14.3 Å². The summed E-state index contributed by atoms with van der Waals surface area (Å²) in [6.07, 6.45) is 7.32. The van der Waals surface area contributed by atoms with E-state index >= 15 is 0 Å². The Morgan fingerprint density at radius 2 is 1.62 bits per heavy atom. The normalized spacial score (nSPS) is 13.0. The fourth-order valence-corrected chi connectivity index (χ4v) is 2.20. The summed E-state index contributed by atoms with van der Waals surface area (Å²) in [5, 5.41) is 9.88. The van der Waals surface area contributed by atoms with Gasteiger partial charge in [-0.05, 0) is 19.8 Å². The first-order valence-electron chi connectivity index (χ1n) is 8.03. The van der Waals surface area contributed by atoms with E-state index in [2.05, 4.69) is 27.7 Å². The van der Waals surface area contributed by atoms with E-state index in [1.165, 1.54) is 12.8 Å². The molecule has 0 heterocycles. The van der Waals surface area contributed by atoms with Crippen LogP contribution in [0.2, 0.25) is 0 Å². The summed E-state index contributed by atoms with van der Waals surface area (Å²) in [7, 11) is 6.30. The second-order valence-electron chi connectivity index (χ2n) is 6.95. The number of carbonyl (C=O) groups is 1. The highest BCUT2D eigenvalue weighted by Crippen LogP contribution is 2.10. The first-order valence-corrected chi connectivity index (χ1v) is 8.03. The first kappa shape index (κ1) is 20.1. The van der Waals surface area contributed by atoms with Crippen molar-refractivity contribution in [1.82, 2.24) is 0 Å². The maximum atomic E-state index is 11.1. The largest absolute Gasteiger partial charge is 0.462 e. The van der Waals surface area contributed by atoms with Crippen LogP contribution in [0.1, 0.15) is 51.9 Å². The second-order valence-corrected chi connectivity index (χ2v) is 6.95. The molecule has 1 unspecified atom stereocenters. The monoisotopic (exact) mass is 300 g/mol. The van der Waals surface area contributed by atoms with E-state index in [0.29, 0.717) is 12.2 Å². The molecule has 21 heavy (non-hydrogen) atoms. The molecule has 0 saturated carbocycles. The molecule has 4 nitrogen and oxygen atoms in total. The Labute approximate surface area is 130 Å². The van der Waals surface area contributed by atoms with Gasteiger partial charge in [0.2, 0.25) is 0 Å². The first-order chi connectivity index (χ1) is 9.72. The van der Waals surface area contributed by atoms with Crippen LogP contribution in [0.4, 0.5) is 0 Å². The van der Waals surface area contributed by atoms with Gasteiger partial charge in [0, 0.05) is 5.57 Å². The van der Waals surface area contributed by atoms with Crippen LogP contribution in [0, 0.1) is 0 Å². The third kappa shape index (κ3) is 13.9. The third-order valence-corrected chi connectivity index (χ3v) is 3.27. The van der Waals surface area contributed by atoms with Crippen molar-refractivity contribution < 1.29 is 19.1 Å². The van der Waals surface area contributed by atoms with Crippen molar-refractivity contribution in [3.63, 3.8) is 0 Å². The minimum absolute atomic E-state index is 0.188. The Bertz CT molecular complexity index is 308. The summed E-state index contributed by atoms with van der Waals surface area (Å²) in [6, 6.07) is 0. The quantitative estimate of drug-likeness (QED) is 0.261. The maximum absolute atomic E-state index is 11.1. The fourth-order valence-electron chi connectivity index (χ4n) is 2.20. The van der Waals surface area contributed by atoms with Crippen LogP contribution in [0.3, 0.4) is 0 Å². The standard InChI is InChI=1S/C17H34NO3/c1-15(2)17(20)21-13-11-9-7-6-8-10-12-16(19)14-18(3,4)5/h16,19H,1,6-14H2,2-5H3/q+1. The number of ether oxygens (including phenoxy) is 1. The topological polar surface area (TPSA) is 46.5 Å². The zero-order chi connectivity index (χ0) is 16.3. The molecule has 0 spiro atoms. The highest BCUT2D eigenvalue weighted by atomic mass is 16.5. The molecular formula is C17H34NO3+. The number of hydrogen-bond acceptors (Lipinski definition) is 3. The molecule has 0 amide bonds. The van der Waals surface area contributed by atoms with Crippen molar-refractivity contribution in [1.29, 1.82) is 0 Å². The van der Waals surface area contributed by atoms with Gasteiger partial charge in [-0.15, -0.1) is 0 Å². The Morgan fingerprint density at radius 1 is 1.10 bits per heavy atom. The van der Waals surface area contributed by atoms with Gasteiger partial charge in [0.1, 0.15) is 12.6 Å². The molecular weight excluding hydrogens is 266 g/mol. The molecule has 0 saturated heterocycles. The number of aliphatic hydroxyl groups excluding tert-OH is 1. The molecule has 0 aromatic carbocycles. The van der Waals surface area contributed by atoms with Crippen LogP contribution in [0.25, 0.3) is 0 Å². The van der Waals surface area contributed by atoms with Crippen molar-refractivity contribution in [2.45, 2.75) is 58.0 Å². The highest BCUT2D eigenvalue weighted by molar-refractivity contribution is 5.86. The molecule has 4 heteroatoms. The molecule has 0 aliphatic carbocycles. The van der Waals surface area contributed by atoms with Crippen LogP contribution >= 0.6 is 0 Å². The van der Waals surface area contributed by atoms with Crippen LogP contribution in [-0.2, 0) is 9.53 Å². The number of quaternary nitrogens is 1. The molecule has 0 aromatic heterocycles. The van der Waals surface area contributed by atoms with Gasteiger partial charge >= 0.3 is 5.97 Å². The molecule has 1 N–H and O–H groups in total. The molecule has 0 fully saturated rings. The summed E-state index contributed by atoms with van der Waals surface area (Å²) in [5.74, 6) is -0.291. The smallest absolute Gasteiger partial charge is 0.333 e. The van der Waals surface area contributed by atoms with Crippen LogP contribution in [0.15, 0.2) is 12.2 Å². The molecule has 0 aliphatic rings. The summed E-state index contributed by atoms with van der Waals surface area (Å²) in [4.78, 5) is 11.1. The van der Waals surface area contributed by atoms with Crippen molar-refractivity contribution in [3.8, 4) is 0 Å². The van der Waals surface area contributed by atoms with E-state index in [9.17, 15) is 9.90 Å². The average Bonchev–Trinajstić information content (AvgIpc) is 2.34. The Balaban J connectivity index is 3.33. The van der Waals surface area contributed by atoms with Crippen LogP contribution in [-0.4, -0.2) is 56.0 Å². The zero-order valence-electron chi connectivity index (χ0n) is 14.4. The van der Waals surface area contributed by atoms with E-state index in [0.717, 1.165) is 43.1 Å². The zero-order valence-corrected chi connectivity index (χ0v) is 14.4. The maximum Gasteiger partial charge on any atom is 0.333 e. The summed E-state index contributed by atoms with van der Waals surface area (Å²) < 4.78 is 5.85. The highest BCUT2D eigenvalue weighted by Gasteiger charge is 2.14. The van der Waals surface area contributed by atoms with Crippen molar-refractivity contribution in [3.05, 3.63) is 12.2 Å². The summed E-state index contributed by atoms with van der Waals surface area (Å²) in [6.45, 7) is 6.51. The number of hydrogen-bond donors (Lipinski definition) is 1. The summed E-state index contributed by atoms with van der Waals surface area (Å²) in [5.41, 5.74) is 0.461. The number of esters is 1. The lowest BCUT2D eigenvalue weighted by atomic mass is 10.1. The SMILES string of the molecule is C=C(C)C(=O)OCCCCCCCCC(O)C[N+](C)(C)C. The number of carbonyl (C=O) groups excluding carboxylic acids is 1. The number of likely N-dealkylation sites (N-methyl/N-ethyl adjacent to an activating group) is 1. The number of unbranched alkanes of at least 4 members (excludes halogenated alkanes) is 5.